The van der Waals surface area contributed by atoms with Gasteiger partial charge in [-0.05, 0) is 36.4 Å². The molecule has 0 atom stereocenters. The van der Waals surface area contributed by atoms with Crippen molar-refractivity contribution in [2.24, 2.45) is 0 Å². The minimum absolute atomic E-state index is 1.20. The van der Waals surface area contributed by atoms with Crippen LogP contribution >= 0.6 is 22.9 Å². The summed E-state index contributed by atoms with van der Waals surface area (Å²) in [6, 6.07) is 25.8. The first-order valence-corrected chi connectivity index (χ1v) is 8.20. The molecule has 0 spiro atoms. The zero-order valence-corrected chi connectivity index (χ0v) is 14.4. The van der Waals surface area contributed by atoms with E-state index in [1.807, 2.05) is 0 Å². The van der Waals surface area contributed by atoms with E-state index in [2.05, 4.69) is 110 Å². The third kappa shape index (κ3) is 2.08. The highest BCUT2D eigenvalue weighted by Crippen LogP contribution is 2.34. The summed E-state index contributed by atoms with van der Waals surface area (Å²) in [5.41, 5.74) is 4.90. The van der Waals surface area contributed by atoms with Crippen molar-refractivity contribution >= 4 is 50.4 Å². The Kier molecular flexibility index (Phi) is 3.30. The number of aromatic nitrogens is 1. The Morgan fingerprint density at radius 3 is 2.23 bits per heavy atom. The highest BCUT2D eigenvalue weighted by atomic mass is 127. The molecule has 0 aliphatic heterocycles. The number of hydrogen-bond acceptors (Lipinski definition) is 1. The van der Waals surface area contributed by atoms with Crippen molar-refractivity contribution in [3.05, 3.63) is 72.8 Å². The predicted molar refractivity (Wildman–Crippen MR) is 103 cm³/mol. The largest absolute Gasteiger partial charge is 0.318 e. The molecule has 1 heterocycles. The lowest BCUT2D eigenvalue weighted by Crippen LogP contribution is -1.98. The molecule has 108 valence electrons. The second-order valence-corrected chi connectivity index (χ2v) is 6.81. The van der Waals surface area contributed by atoms with Crippen LogP contribution in [0.5, 0.6) is 0 Å². The van der Waals surface area contributed by atoms with Gasteiger partial charge in [-0.25, -0.2) is 0 Å². The minimum Gasteiger partial charge on any atom is -0.318 e. The third-order valence-corrected chi connectivity index (χ3v) is 4.58. The second kappa shape index (κ2) is 5.32. The SMILES string of the molecule is CN(I)c1ccc2c(c1)c1ccccc1n2-c1ccccc1. The van der Waals surface area contributed by atoms with Gasteiger partial charge in [-0.15, -0.1) is 0 Å². The maximum absolute atomic E-state index is 2.33. The van der Waals surface area contributed by atoms with Crippen LogP contribution in [0.25, 0.3) is 27.5 Å². The molecular formula is C19H15IN2. The Labute approximate surface area is 143 Å². The van der Waals surface area contributed by atoms with Gasteiger partial charge >= 0.3 is 0 Å². The van der Waals surface area contributed by atoms with E-state index in [4.69, 9.17) is 0 Å². The Bertz CT molecular complexity index is 955. The summed E-state index contributed by atoms with van der Waals surface area (Å²) >= 11 is 2.31. The third-order valence-electron chi connectivity index (χ3n) is 4.03. The molecule has 3 aromatic carbocycles. The molecule has 0 radical (unpaired) electrons. The van der Waals surface area contributed by atoms with E-state index in [1.54, 1.807) is 0 Å². The van der Waals surface area contributed by atoms with Gasteiger partial charge in [0.1, 0.15) is 0 Å². The molecule has 3 heteroatoms. The number of benzene rings is 3. The van der Waals surface area contributed by atoms with E-state index >= 15 is 0 Å². The molecule has 0 aliphatic rings. The fraction of sp³-hybridized carbons (Fsp3) is 0.0526. The van der Waals surface area contributed by atoms with E-state index in [0.29, 0.717) is 0 Å². The average Bonchev–Trinajstić information content (AvgIpc) is 2.89. The first kappa shape index (κ1) is 13.6. The van der Waals surface area contributed by atoms with Gasteiger partial charge < -0.3 is 7.68 Å². The van der Waals surface area contributed by atoms with Gasteiger partial charge in [-0.1, -0.05) is 36.4 Å². The maximum atomic E-state index is 2.33. The molecule has 1 aromatic heterocycles. The standard InChI is InChI=1S/C19H15IN2/c1-21(20)15-11-12-19-17(13-15)16-9-5-6-10-18(16)22(19)14-7-3-2-4-8-14/h2-13H,1H3. The summed E-state index contributed by atoms with van der Waals surface area (Å²) in [6.45, 7) is 0. The van der Waals surface area contributed by atoms with Gasteiger partial charge in [0.05, 0.1) is 33.9 Å². The summed E-state index contributed by atoms with van der Waals surface area (Å²) in [7, 11) is 2.07. The normalized spacial score (nSPS) is 11.2. The van der Waals surface area contributed by atoms with Crippen molar-refractivity contribution in [2.75, 3.05) is 10.2 Å². The Morgan fingerprint density at radius 2 is 1.45 bits per heavy atom. The van der Waals surface area contributed by atoms with E-state index in [1.165, 1.54) is 33.2 Å². The fourth-order valence-corrected chi connectivity index (χ4v) is 3.31. The van der Waals surface area contributed by atoms with E-state index in [9.17, 15) is 0 Å². The second-order valence-electron chi connectivity index (χ2n) is 5.37. The van der Waals surface area contributed by atoms with Gasteiger partial charge in [0.15, 0.2) is 0 Å². The van der Waals surface area contributed by atoms with Gasteiger partial charge in [-0.2, -0.15) is 0 Å². The van der Waals surface area contributed by atoms with E-state index in [-0.39, 0.29) is 0 Å². The van der Waals surface area contributed by atoms with Crippen molar-refractivity contribution in [1.82, 2.24) is 4.57 Å². The topological polar surface area (TPSA) is 8.17 Å². The number of fused-ring (bicyclic) bond motifs is 3. The molecule has 0 aliphatic carbocycles. The molecule has 0 bridgehead atoms. The molecule has 0 N–H and O–H groups in total. The lowest BCUT2D eigenvalue weighted by molar-refractivity contribution is 1.18. The fourth-order valence-electron chi connectivity index (χ4n) is 3.01. The molecule has 0 amide bonds. The minimum atomic E-state index is 1.20. The molecule has 0 unspecified atom stereocenters. The van der Waals surface area contributed by atoms with Crippen molar-refractivity contribution < 1.29 is 0 Å². The van der Waals surface area contributed by atoms with Crippen molar-refractivity contribution in [1.29, 1.82) is 0 Å². The smallest absolute Gasteiger partial charge is 0.0588 e. The summed E-state index contributed by atoms with van der Waals surface area (Å²) in [4.78, 5) is 0. The number of halogens is 1. The predicted octanol–water partition coefficient (Wildman–Crippen LogP) is 5.57. The molecule has 22 heavy (non-hydrogen) atoms. The Morgan fingerprint density at radius 1 is 0.773 bits per heavy atom. The molecule has 4 aromatic rings. The summed E-state index contributed by atoms with van der Waals surface area (Å²) in [5.74, 6) is 0. The Balaban J connectivity index is 2.14. The lowest BCUT2D eigenvalue weighted by Gasteiger charge is -2.11. The number of rotatable bonds is 2. The van der Waals surface area contributed by atoms with Gasteiger partial charge in [0, 0.05) is 29.2 Å². The number of nitrogens with zero attached hydrogens (tertiary/aromatic N) is 2. The van der Waals surface area contributed by atoms with Crippen LogP contribution in [0.2, 0.25) is 0 Å². The van der Waals surface area contributed by atoms with Gasteiger partial charge in [0.2, 0.25) is 0 Å². The lowest BCUT2D eigenvalue weighted by atomic mass is 10.1. The van der Waals surface area contributed by atoms with E-state index in [0.717, 1.165) is 0 Å². The van der Waals surface area contributed by atoms with Crippen molar-refractivity contribution in [3.8, 4) is 5.69 Å². The highest BCUT2D eigenvalue weighted by Gasteiger charge is 2.12. The molecule has 0 fully saturated rings. The summed E-state index contributed by atoms with van der Waals surface area (Å²) < 4.78 is 4.45. The summed E-state index contributed by atoms with van der Waals surface area (Å²) in [6.07, 6.45) is 0. The first-order valence-electron chi connectivity index (χ1n) is 7.24. The van der Waals surface area contributed by atoms with Crippen LogP contribution in [0.3, 0.4) is 0 Å². The zero-order valence-electron chi connectivity index (χ0n) is 12.2. The molecule has 4 rings (SSSR count). The number of hydrogen-bond donors (Lipinski definition) is 0. The molecule has 0 saturated carbocycles. The number of anilines is 1. The van der Waals surface area contributed by atoms with Crippen molar-refractivity contribution in [2.45, 2.75) is 0 Å². The molecule has 2 nitrogen and oxygen atoms in total. The monoisotopic (exact) mass is 398 g/mol. The Hall–Kier alpha value is -2.01. The quantitative estimate of drug-likeness (QED) is 0.317. The van der Waals surface area contributed by atoms with Crippen LogP contribution in [0.1, 0.15) is 0 Å². The summed E-state index contributed by atoms with van der Waals surface area (Å²) in [5, 5.41) is 2.59. The highest BCUT2D eigenvalue weighted by molar-refractivity contribution is 14.1. The van der Waals surface area contributed by atoms with Crippen LogP contribution in [0.15, 0.2) is 72.8 Å². The molecule has 0 saturated heterocycles. The van der Waals surface area contributed by atoms with Gasteiger partial charge in [0.25, 0.3) is 0 Å². The molecular weight excluding hydrogens is 383 g/mol. The maximum Gasteiger partial charge on any atom is 0.0588 e. The van der Waals surface area contributed by atoms with Crippen molar-refractivity contribution in [3.63, 3.8) is 0 Å². The van der Waals surface area contributed by atoms with Crippen LogP contribution in [-0.2, 0) is 0 Å². The van der Waals surface area contributed by atoms with Crippen LogP contribution < -0.4 is 3.11 Å². The van der Waals surface area contributed by atoms with Gasteiger partial charge in [-0.3, -0.25) is 0 Å². The van der Waals surface area contributed by atoms with Crippen LogP contribution in [-0.4, -0.2) is 11.6 Å². The average molecular weight is 398 g/mol. The number of para-hydroxylation sites is 2. The van der Waals surface area contributed by atoms with Crippen LogP contribution in [0.4, 0.5) is 5.69 Å². The van der Waals surface area contributed by atoms with E-state index < -0.39 is 0 Å². The first-order chi connectivity index (χ1) is 10.8. The van der Waals surface area contributed by atoms with Crippen LogP contribution in [0, 0.1) is 0 Å². The zero-order chi connectivity index (χ0) is 15.1.